The molecule has 4 aliphatic carbocycles. The van der Waals surface area contributed by atoms with Crippen LogP contribution in [0.5, 0.6) is 0 Å². The van der Waals surface area contributed by atoms with Gasteiger partial charge < -0.3 is 0 Å². The number of rotatable bonds is 0. The maximum absolute atomic E-state index is 12.5. The summed E-state index contributed by atoms with van der Waals surface area (Å²) >= 11 is 10.6. The SMILES string of the molecule is Brc1ccc2c(c1)C1(c3ccccc3C=C2)c2ccccc2-c2ccccc21.O=C1c2ccccc2CCc2ccc(Br)cc21.O=C1c2ccccc2CCc2ccccc21.O=c1c2ccccc2ccc2ccc(Br)cc12. The number of hydrogen-bond donors (Lipinski definition) is 0. The van der Waals surface area contributed by atoms with Crippen LogP contribution in [0.25, 0.3) is 44.8 Å². The number of carbonyl (C=O) groups is 2. The van der Waals surface area contributed by atoms with Crippen LogP contribution < -0.4 is 5.43 Å². The van der Waals surface area contributed by atoms with Crippen LogP contribution in [-0.2, 0) is 31.1 Å². The Morgan fingerprint density at radius 3 is 1.29 bits per heavy atom. The van der Waals surface area contributed by atoms with Crippen LogP contribution in [0.4, 0.5) is 0 Å². The number of carbonyl (C=O) groups excluding carboxylic acids is 2. The first-order chi connectivity index (χ1) is 38.2. The lowest BCUT2D eigenvalue weighted by molar-refractivity contribution is 0.103. The van der Waals surface area contributed by atoms with Crippen molar-refractivity contribution >= 4 is 93.1 Å². The van der Waals surface area contributed by atoms with Gasteiger partial charge in [-0.25, -0.2) is 0 Å². The van der Waals surface area contributed by atoms with Gasteiger partial charge in [-0.3, -0.25) is 14.4 Å². The summed E-state index contributed by atoms with van der Waals surface area (Å²) in [5.41, 5.74) is 18.5. The minimum atomic E-state index is -0.313. The van der Waals surface area contributed by atoms with Gasteiger partial charge in [0, 0.05) is 46.4 Å². The summed E-state index contributed by atoms with van der Waals surface area (Å²) in [5, 5.41) is 3.46. The van der Waals surface area contributed by atoms with Crippen LogP contribution in [-0.4, -0.2) is 11.6 Å². The Balaban J connectivity index is 0.000000108. The van der Waals surface area contributed by atoms with E-state index in [2.05, 4.69) is 163 Å². The third kappa shape index (κ3) is 9.46. The Morgan fingerprint density at radius 1 is 0.295 bits per heavy atom. The van der Waals surface area contributed by atoms with Gasteiger partial charge in [-0.05, 0) is 140 Å². The monoisotopic (exact) mass is 1200 g/mol. The summed E-state index contributed by atoms with van der Waals surface area (Å²) in [4.78, 5) is 37.2. The molecule has 0 fully saturated rings. The summed E-state index contributed by atoms with van der Waals surface area (Å²) in [6.07, 6.45) is 8.32. The van der Waals surface area contributed by atoms with Crippen molar-refractivity contribution in [2.75, 3.05) is 0 Å². The average molecular weight is 1200 g/mol. The molecule has 11 aromatic rings. The van der Waals surface area contributed by atoms with Crippen LogP contribution in [0.2, 0.25) is 0 Å². The molecule has 376 valence electrons. The first-order valence-corrected chi connectivity index (χ1v) is 28.5. The van der Waals surface area contributed by atoms with Crippen molar-refractivity contribution in [2.45, 2.75) is 31.1 Å². The number of fused-ring (bicyclic) bond motifs is 15. The number of halogens is 3. The quantitative estimate of drug-likeness (QED) is 0.152. The minimum Gasteiger partial charge on any atom is -0.289 e. The van der Waals surface area contributed by atoms with Crippen LogP contribution in [0.3, 0.4) is 0 Å². The van der Waals surface area contributed by atoms with Crippen LogP contribution in [0.1, 0.15) is 87.5 Å². The van der Waals surface area contributed by atoms with Gasteiger partial charge in [0.15, 0.2) is 17.0 Å². The van der Waals surface area contributed by atoms with E-state index < -0.39 is 0 Å². The van der Waals surface area contributed by atoms with Gasteiger partial charge in [0.25, 0.3) is 0 Å². The smallest absolute Gasteiger partial charge is 0.194 e. The van der Waals surface area contributed by atoms with E-state index in [4.69, 9.17) is 0 Å². The molecule has 0 bridgehead atoms. The Kier molecular flexibility index (Phi) is 14.3. The molecular formula is C72H49Br3O3. The maximum atomic E-state index is 12.5. The molecule has 0 atom stereocenters. The van der Waals surface area contributed by atoms with Crippen LogP contribution in [0.15, 0.2) is 255 Å². The minimum absolute atomic E-state index is 0.0851. The average Bonchev–Trinajstić information content (AvgIpc) is 3.67. The first kappa shape index (κ1) is 50.9. The lowest BCUT2D eigenvalue weighted by Crippen LogP contribution is -2.29. The van der Waals surface area contributed by atoms with Crippen molar-refractivity contribution in [3.63, 3.8) is 0 Å². The molecule has 0 heterocycles. The molecule has 0 saturated heterocycles. The molecule has 0 aliphatic heterocycles. The van der Waals surface area contributed by atoms with E-state index in [1.807, 2.05) is 133 Å². The summed E-state index contributed by atoms with van der Waals surface area (Å²) in [5.74, 6) is 0.318. The highest BCUT2D eigenvalue weighted by atomic mass is 79.9. The van der Waals surface area contributed by atoms with E-state index in [1.165, 1.54) is 55.6 Å². The third-order valence-electron chi connectivity index (χ3n) is 15.5. The second-order valence-electron chi connectivity index (χ2n) is 19.9. The Labute approximate surface area is 479 Å². The fraction of sp³-hybridized carbons (Fsp3) is 0.0694. The van der Waals surface area contributed by atoms with Crippen molar-refractivity contribution < 1.29 is 9.59 Å². The zero-order chi connectivity index (χ0) is 53.3. The molecule has 0 saturated carbocycles. The predicted octanol–water partition coefficient (Wildman–Crippen LogP) is 18.2. The normalized spacial score (nSPS) is 13.5. The van der Waals surface area contributed by atoms with Gasteiger partial charge in [0.2, 0.25) is 0 Å². The van der Waals surface area contributed by atoms with E-state index in [0.717, 1.165) is 94.0 Å². The molecule has 0 unspecified atom stereocenters. The first-order valence-electron chi connectivity index (χ1n) is 26.2. The van der Waals surface area contributed by atoms with E-state index in [-0.39, 0.29) is 22.4 Å². The molecule has 0 aromatic heterocycles. The maximum Gasteiger partial charge on any atom is 0.194 e. The summed E-state index contributed by atoms with van der Waals surface area (Å²) < 4.78 is 3.00. The number of ketones is 2. The van der Waals surface area contributed by atoms with Crippen LogP contribution in [0, 0.1) is 0 Å². The molecule has 0 N–H and O–H groups in total. The summed E-state index contributed by atoms with van der Waals surface area (Å²) in [6, 6.07) is 80.5. The molecule has 6 heteroatoms. The van der Waals surface area contributed by atoms with Gasteiger partial charge in [0.05, 0.1) is 5.41 Å². The van der Waals surface area contributed by atoms with Crippen molar-refractivity contribution in [1.29, 1.82) is 0 Å². The van der Waals surface area contributed by atoms with Gasteiger partial charge in [-0.15, -0.1) is 0 Å². The molecule has 1 spiro atoms. The highest BCUT2D eigenvalue weighted by molar-refractivity contribution is 9.11. The number of benzene rings is 10. The fourth-order valence-corrected chi connectivity index (χ4v) is 12.9. The lowest BCUT2D eigenvalue weighted by Gasteiger charge is -2.35. The molecule has 11 aromatic carbocycles. The number of hydrogen-bond acceptors (Lipinski definition) is 3. The van der Waals surface area contributed by atoms with Crippen molar-refractivity contribution in [1.82, 2.24) is 0 Å². The highest BCUT2D eigenvalue weighted by Gasteiger charge is 2.48. The molecular weight excluding hydrogens is 1150 g/mol. The van der Waals surface area contributed by atoms with Crippen molar-refractivity contribution in [3.8, 4) is 11.1 Å². The molecule has 0 amide bonds. The molecule has 0 radical (unpaired) electrons. The fourth-order valence-electron chi connectivity index (χ4n) is 11.9. The Hall–Kier alpha value is -7.87. The van der Waals surface area contributed by atoms with E-state index in [1.54, 1.807) is 0 Å². The second-order valence-corrected chi connectivity index (χ2v) is 22.7. The Morgan fingerprint density at radius 2 is 0.692 bits per heavy atom. The summed E-state index contributed by atoms with van der Waals surface area (Å²) in [6.45, 7) is 0. The van der Waals surface area contributed by atoms with E-state index >= 15 is 0 Å². The largest absolute Gasteiger partial charge is 0.289 e. The summed E-state index contributed by atoms with van der Waals surface area (Å²) in [7, 11) is 0. The standard InChI is InChI=1S/C27H17Br.C15H11BrO.C15H9BrO.C15H12O/c28-20-16-15-19-14-13-18-7-1-4-10-23(18)27(26(19)17-20)24-11-5-2-8-21(24)22-9-3-6-12-25(22)27;2*16-12-8-7-11-6-5-10-3-1-2-4-13(10)15(17)14(11)9-12;16-15-13-7-3-1-5-11(13)9-10-12-6-2-4-8-14(12)15/h1-17H;1-4,7-9H,5-6H2;1-9H;1-8H,9-10H2. The molecule has 78 heavy (non-hydrogen) atoms. The zero-order valence-electron chi connectivity index (χ0n) is 42.4. The molecule has 3 nitrogen and oxygen atoms in total. The lowest BCUT2D eigenvalue weighted by atomic mass is 9.66. The predicted molar refractivity (Wildman–Crippen MR) is 331 cm³/mol. The topological polar surface area (TPSA) is 51.2 Å². The van der Waals surface area contributed by atoms with E-state index in [9.17, 15) is 14.4 Å². The van der Waals surface area contributed by atoms with E-state index in [0.29, 0.717) is 0 Å². The second kappa shape index (κ2) is 21.9. The van der Waals surface area contributed by atoms with Crippen molar-refractivity contribution in [3.05, 3.63) is 338 Å². The van der Waals surface area contributed by atoms with Gasteiger partial charge in [-0.1, -0.05) is 260 Å². The van der Waals surface area contributed by atoms with Crippen LogP contribution >= 0.6 is 47.8 Å². The van der Waals surface area contributed by atoms with Crippen molar-refractivity contribution in [2.24, 2.45) is 0 Å². The third-order valence-corrected chi connectivity index (χ3v) is 17.0. The van der Waals surface area contributed by atoms with Gasteiger partial charge in [0.1, 0.15) is 0 Å². The molecule has 15 rings (SSSR count). The zero-order valence-corrected chi connectivity index (χ0v) is 47.1. The van der Waals surface area contributed by atoms with Gasteiger partial charge >= 0.3 is 0 Å². The molecule has 4 aliphatic rings. The van der Waals surface area contributed by atoms with Gasteiger partial charge in [-0.2, -0.15) is 0 Å². The Bertz CT molecular complexity index is 4190. The number of aryl methyl sites for hydroxylation is 4. The highest BCUT2D eigenvalue weighted by Crippen LogP contribution is 2.58.